The van der Waals surface area contributed by atoms with Crippen LogP contribution in [0.1, 0.15) is 39.4 Å². The first-order valence-electron chi connectivity index (χ1n) is 10.5. The van der Waals surface area contributed by atoms with E-state index in [2.05, 4.69) is 76.2 Å². The Labute approximate surface area is 192 Å². The fourth-order valence-corrected chi connectivity index (χ4v) is 3.64. The number of benzene rings is 1. The molecule has 1 saturated heterocycles. The molecule has 0 bridgehead atoms. The van der Waals surface area contributed by atoms with E-state index in [1.54, 1.807) is 0 Å². The fraction of sp³-hybridized carbons (Fsp3) is 0.545. The van der Waals surface area contributed by atoms with Gasteiger partial charge in [0.25, 0.3) is 0 Å². The molecule has 0 radical (unpaired) electrons. The smallest absolute Gasteiger partial charge is 0.191 e. The van der Waals surface area contributed by atoms with Gasteiger partial charge in [-0.3, -0.25) is 0 Å². The third-order valence-electron chi connectivity index (χ3n) is 5.04. The molecule has 1 aromatic carbocycles. The number of aliphatic imine (C=N–C) groups is 1. The summed E-state index contributed by atoms with van der Waals surface area (Å²) in [7, 11) is 0. The molecule has 1 aliphatic rings. The van der Waals surface area contributed by atoms with E-state index in [9.17, 15) is 0 Å². The van der Waals surface area contributed by atoms with Gasteiger partial charge in [0, 0.05) is 50.3 Å². The summed E-state index contributed by atoms with van der Waals surface area (Å²) < 4.78 is 2.20. The molecule has 7 heteroatoms. The lowest BCUT2D eigenvalue weighted by Gasteiger charge is -2.34. The Kier molecular flexibility index (Phi) is 9.76. The summed E-state index contributed by atoms with van der Waals surface area (Å²) in [5.74, 6) is 2.50. The third kappa shape index (κ3) is 7.21. The van der Waals surface area contributed by atoms with E-state index in [1.807, 2.05) is 12.4 Å². The molecular formula is C22H35IN6. The predicted octanol–water partition coefficient (Wildman–Crippen LogP) is 3.88. The highest BCUT2D eigenvalue weighted by molar-refractivity contribution is 14.0. The van der Waals surface area contributed by atoms with Crippen molar-refractivity contribution in [1.82, 2.24) is 20.2 Å². The number of nitrogens with one attached hydrogen (secondary N) is 2. The lowest BCUT2D eigenvalue weighted by molar-refractivity contribution is 0.461. The van der Waals surface area contributed by atoms with E-state index in [0.29, 0.717) is 18.5 Å². The summed E-state index contributed by atoms with van der Waals surface area (Å²) in [6, 6.07) is 11.1. The highest BCUT2D eigenvalue weighted by atomic mass is 127. The summed E-state index contributed by atoms with van der Waals surface area (Å²) in [6.45, 7) is 11.1. The van der Waals surface area contributed by atoms with Gasteiger partial charge in [-0.05, 0) is 37.8 Å². The zero-order valence-electron chi connectivity index (χ0n) is 17.8. The second kappa shape index (κ2) is 12.0. The highest BCUT2D eigenvalue weighted by Crippen LogP contribution is 2.19. The van der Waals surface area contributed by atoms with Crippen molar-refractivity contribution in [1.29, 1.82) is 0 Å². The quantitative estimate of drug-likeness (QED) is 0.337. The molecule has 0 atom stereocenters. The number of halogens is 1. The maximum absolute atomic E-state index is 4.79. The van der Waals surface area contributed by atoms with Gasteiger partial charge in [0.15, 0.2) is 5.96 Å². The molecule has 2 N–H and O–H groups in total. The maximum Gasteiger partial charge on any atom is 0.191 e. The second-order valence-corrected chi connectivity index (χ2v) is 7.83. The number of aromatic nitrogens is 2. The first-order valence-corrected chi connectivity index (χ1v) is 10.5. The molecule has 1 aromatic heterocycles. The van der Waals surface area contributed by atoms with Crippen LogP contribution in [0.4, 0.5) is 5.69 Å². The van der Waals surface area contributed by atoms with Crippen LogP contribution >= 0.6 is 24.0 Å². The van der Waals surface area contributed by atoms with Crippen LogP contribution in [0.15, 0.2) is 47.7 Å². The summed E-state index contributed by atoms with van der Waals surface area (Å²) in [5, 5.41) is 7.01. The van der Waals surface area contributed by atoms with Crippen molar-refractivity contribution in [3.8, 4) is 0 Å². The second-order valence-electron chi connectivity index (χ2n) is 7.83. The van der Waals surface area contributed by atoms with Gasteiger partial charge in [-0.15, -0.1) is 24.0 Å². The molecular weight excluding hydrogens is 475 g/mol. The monoisotopic (exact) mass is 510 g/mol. The predicted molar refractivity (Wildman–Crippen MR) is 132 cm³/mol. The molecule has 0 spiro atoms. The Balaban J connectivity index is 0.00000300. The number of guanidine groups is 1. The molecule has 0 amide bonds. The van der Waals surface area contributed by atoms with Gasteiger partial charge < -0.3 is 20.1 Å². The van der Waals surface area contributed by atoms with Gasteiger partial charge >= 0.3 is 0 Å². The Morgan fingerprint density at radius 3 is 2.59 bits per heavy atom. The first-order chi connectivity index (χ1) is 13.7. The van der Waals surface area contributed by atoms with Gasteiger partial charge in [-0.25, -0.2) is 9.98 Å². The Morgan fingerprint density at radius 1 is 1.21 bits per heavy atom. The van der Waals surface area contributed by atoms with Crippen LogP contribution in [-0.4, -0.2) is 41.2 Å². The molecule has 2 aromatic rings. The van der Waals surface area contributed by atoms with Crippen molar-refractivity contribution in [3.05, 3.63) is 48.5 Å². The number of piperidine rings is 1. The van der Waals surface area contributed by atoms with E-state index >= 15 is 0 Å². The van der Waals surface area contributed by atoms with Crippen molar-refractivity contribution in [2.45, 2.75) is 52.7 Å². The number of nitrogens with zero attached hydrogens (tertiary/aromatic N) is 4. The van der Waals surface area contributed by atoms with Gasteiger partial charge in [0.2, 0.25) is 0 Å². The van der Waals surface area contributed by atoms with Crippen LogP contribution in [-0.2, 0) is 13.1 Å². The minimum Gasteiger partial charge on any atom is -0.371 e. The Morgan fingerprint density at radius 2 is 1.93 bits per heavy atom. The molecule has 29 heavy (non-hydrogen) atoms. The van der Waals surface area contributed by atoms with E-state index in [1.165, 1.54) is 5.69 Å². The molecule has 2 heterocycles. The molecule has 160 valence electrons. The number of anilines is 1. The van der Waals surface area contributed by atoms with Gasteiger partial charge in [-0.1, -0.05) is 32.0 Å². The molecule has 0 aliphatic carbocycles. The minimum atomic E-state index is 0. The van der Waals surface area contributed by atoms with E-state index < -0.39 is 0 Å². The topological polar surface area (TPSA) is 57.5 Å². The largest absolute Gasteiger partial charge is 0.371 e. The van der Waals surface area contributed by atoms with Crippen LogP contribution in [0.5, 0.6) is 0 Å². The SMILES string of the molecule is CCNC(=NCc1nccn1CC(C)C)NC1CCN(c2ccccc2)CC1.I. The number of para-hydroxylation sites is 1. The average Bonchev–Trinajstić information content (AvgIpc) is 3.14. The van der Waals surface area contributed by atoms with Gasteiger partial charge in [0.05, 0.1) is 0 Å². The molecule has 6 nitrogen and oxygen atoms in total. The van der Waals surface area contributed by atoms with Crippen molar-refractivity contribution >= 4 is 35.6 Å². The molecule has 3 rings (SSSR count). The molecule has 0 unspecified atom stereocenters. The van der Waals surface area contributed by atoms with E-state index in [0.717, 1.165) is 50.8 Å². The first kappa shape index (κ1) is 23.5. The van der Waals surface area contributed by atoms with Crippen LogP contribution < -0.4 is 15.5 Å². The Hall–Kier alpha value is -1.77. The van der Waals surface area contributed by atoms with Crippen LogP contribution in [0.2, 0.25) is 0 Å². The van der Waals surface area contributed by atoms with E-state index in [-0.39, 0.29) is 24.0 Å². The number of imidazole rings is 1. The minimum absolute atomic E-state index is 0. The normalized spacial score (nSPS) is 15.3. The van der Waals surface area contributed by atoms with Crippen molar-refractivity contribution in [2.24, 2.45) is 10.9 Å². The van der Waals surface area contributed by atoms with Gasteiger partial charge in [-0.2, -0.15) is 0 Å². The summed E-state index contributed by atoms with van der Waals surface area (Å²) in [5.41, 5.74) is 1.32. The van der Waals surface area contributed by atoms with Crippen molar-refractivity contribution < 1.29 is 0 Å². The third-order valence-corrected chi connectivity index (χ3v) is 5.04. The zero-order chi connectivity index (χ0) is 19.8. The number of rotatable bonds is 7. The summed E-state index contributed by atoms with van der Waals surface area (Å²) in [4.78, 5) is 11.7. The summed E-state index contributed by atoms with van der Waals surface area (Å²) >= 11 is 0. The number of hydrogen-bond acceptors (Lipinski definition) is 3. The van der Waals surface area contributed by atoms with Crippen molar-refractivity contribution in [2.75, 3.05) is 24.5 Å². The van der Waals surface area contributed by atoms with Crippen LogP contribution in [0, 0.1) is 5.92 Å². The standard InChI is InChI=1S/C22H34N6.HI/c1-4-23-22(25-16-21-24-12-15-28(21)17-18(2)3)26-19-10-13-27(14-11-19)20-8-6-5-7-9-20;/h5-9,12,15,18-19H,4,10-11,13-14,16-17H2,1-3H3,(H2,23,25,26);1H. The van der Waals surface area contributed by atoms with E-state index in [4.69, 9.17) is 4.99 Å². The average molecular weight is 510 g/mol. The van der Waals surface area contributed by atoms with Crippen LogP contribution in [0.3, 0.4) is 0 Å². The molecule has 0 saturated carbocycles. The fourth-order valence-electron chi connectivity index (χ4n) is 3.64. The number of hydrogen-bond donors (Lipinski definition) is 2. The molecule has 1 aliphatic heterocycles. The lowest BCUT2D eigenvalue weighted by Crippen LogP contribution is -2.48. The Bertz CT molecular complexity index is 735. The zero-order valence-corrected chi connectivity index (χ0v) is 20.2. The highest BCUT2D eigenvalue weighted by Gasteiger charge is 2.20. The molecule has 1 fully saturated rings. The lowest BCUT2D eigenvalue weighted by atomic mass is 10.0. The summed E-state index contributed by atoms with van der Waals surface area (Å²) in [6.07, 6.45) is 6.14. The van der Waals surface area contributed by atoms with Crippen molar-refractivity contribution in [3.63, 3.8) is 0 Å². The van der Waals surface area contributed by atoms with Crippen LogP contribution in [0.25, 0.3) is 0 Å². The maximum atomic E-state index is 4.79. The van der Waals surface area contributed by atoms with Gasteiger partial charge in [0.1, 0.15) is 12.4 Å².